The normalized spacial score (nSPS) is 25.4. The van der Waals surface area contributed by atoms with Gasteiger partial charge in [-0.05, 0) is 24.1 Å². The van der Waals surface area contributed by atoms with Crippen molar-refractivity contribution in [2.75, 3.05) is 26.7 Å². The average molecular weight is 294 g/mol. The van der Waals surface area contributed by atoms with E-state index in [0.717, 1.165) is 18.8 Å². The lowest BCUT2D eigenvalue weighted by Gasteiger charge is -2.39. The van der Waals surface area contributed by atoms with Crippen LogP contribution in [0.3, 0.4) is 0 Å². The van der Waals surface area contributed by atoms with Crippen molar-refractivity contribution in [3.63, 3.8) is 0 Å². The summed E-state index contributed by atoms with van der Waals surface area (Å²) in [6.07, 6.45) is 0. The van der Waals surface area contributed by atoms with Gasteiger partial charge in [0.25, 0.3) is 0 Å². The summed E-state index contributed by atoms with van der Waals surface area (Å²) in [5, 5.41) is 1.35. The van der Waals surface area contributed by atoms with E-state index in [0.29, 0.717) is 23.1 Å². The first kappa shape index (κ1) is 15.7. The fraction of sp³-hybridized carbons (Fsp3) is 0.625. The van der Waals surface area contributed by atoms with Crippen LogP contribution in [0.2, 0.25) is 0 Å². The fourth-order valence-electron chi connectivity index (χ4n) is 3.08. The van der Waals surface area contributed by atoms with Gasteiger partial charge in [-0.3, -0.25) is 4.90 Å². The van der Waals surface area contributed by atoms with E-state index in [2.05, 4.69) is 55.6 Å². The number of thioether (sulfide) groups is 1. The van der Waals surface area contributed by atoms with Crippen molar-refractivity contribution >= 4 is 11.8 Å². The van der Waals surface area contributed by atoms with E-state index in [4.69, 9.17) is 10.5 Å². The molecular weight excluding hydrogens is 268 g/mol. The molecule has 1 fully saturated rings. The Balaban J connectivity index is 2.21. The topological polar surface area (TPSA) is 38.5 Å². The molecule has 0 amide bonds. The van der Waals surface area contributed by atoms with Gasteiger partial charge in [-0.1, -0.05) is 26.0 Å². The van der Waals surface area contributed by atoms with Gasteiger partial charge in [0.2, 0.25) is 0 Å². The maximum atomic E-state index is 6.07. The number of methoxy groups -OCH3 is 1. The quantitative estimate of drug-likeness (QED) is 0.927. The molecule has 0 radical (unpaired) electrons. The molecular formula is C16H26N2OS. The smallest absolute Gasteiger partial charge is 0.121 e. The van der Waals surface area contributed by atoms with Crippen molar-refractivity contribution in [1.82, 2.24) is 4.90 Å². The van der Waals surface area contributed by atoms with Gasteiger partial charge in [-0.15, -0.1) is 0 Å². The van der Waals surface area contributed by atoms with Crippen molar-refractivity contribution in [3.8, 4) is 5.75 Å². The van der Waals surface area contributed by atoms with Crippen LogP contribution in [0.15, 0.2) is 18.2 Å². The van der Waals surface area contributed by atoms with Crippen molar-refractivity contribution in [3.05, 3.63) is 29.3 Å². The fourth-order valence-corrected chi connectivity index (χ4v) is 4.43. The summed E-state index contributed by atoms with van der Waals surface area (Å²) in [5.41, 5.74) is 8.55. The number of nitrogens with two attached hydrogens (primary N) is 1. The van der Waals surface area contributed by atoms with Crippen LogP contribution in [0.25, 0.3) is 0 Å². The highest BCUT2D eigenvalue weighted by Gasteiger charge is 2.28. The van der Waals surface area contributed by atoms with Gasteiger partial charge in [-0.25, -0.2) is 0 Å². The van der Waals surface area contributed by atoms with E-state index in [-0.39, 0.29) is 0 Å². The second-order valence-electron chi connectivity index (χ2n) is 5.69. The highest BCUT2D eigenvalue weighted by Crippen LogP contribution is 2.32. The summed E-state index contributed by atoms with van der Waals surface area (Å²) in [5.74, 6) is 0.945. The molecule has 3 nitrogen and oxygen atoms in total. The molecule has 2 rings (SSSR count). The molecule has 3 atom stereocenters. The first-order valence-electron chi connectivity index (χ1n) is 7.29. The highest BCUT2D eigenvalue weighted by molar-refractivity contribution is 8.00. The maximum Gasteiger partial charge on any atom is 0.121 e. The molecule has 4 heteroatoms. The van der Waals surface area contributed by atoms with Gasteiger partial charge < -0.3 is 10.5 Å². The second kappa shape index (κ2) is 6.83. The Bertz CT molecular complexity index is 442. The average Bonchev–Trinajstić information content (AvgIpc) is 2.38. The standard InChI is InChI=1S/C16H26N2OS/c1-11-7-14(5-6-16(11)19-4)15(8-17)18-9-12(2)20-13(3)10-18/h5-7,12-13,15H,8-10,17H2,1-4H3. The minimum atomic E-state index is 0.311. The monoisotopic (exact) mass is 294 g/mol. The number of hydrogen-bond donors (Lipinski definition) is 1. The van der Waals surface area contributed by atoms with E-state index in [9.17, 15) is 0 Å². The SMILES string of the molecule is COc1ccc(C(CN)N2CC(C)SC(C)C2)cc1C. The van der Waals surface area contributed by atoms with Crippen molar-refractivity contribution < 1.29 is 4.74 Å². The van der Waals surface area contributed by atoms with Crippen LogP contribution in [0.1, 0.15) is 31.0 Å². The van der Waals surface area contributed by atoms with Crippen molar-refractivity contribution in [2.45, 2.75) is 37.3 Å². The number of hydrogen-bond acceptors (Lipinski definition) is 4. The molecule has 2 N–H and O–H groups in total. The van der Waals surface area contributed by atoms with Gasteiger partial charge in [0.15, 0.2) is 0 Å². The van der Waals surface area contributed by atoms with E-state index in [1.807, 2.05) is 0 Å². The third kappa shape index (κ3) is 3.48. The molecule has 1 heterocycles. The number of benzene rings is 1. The third-order valence-corrected chi connectivity index (χ3v) is 5.14. The molecule has 20 heavy (non-hydrogen) atoms. The molecule has 1 saturated heterocycles. The molecule has 0 bridgehead atoms. The molecule has 0 aromatic heterocycles. The lowest BCUT2D eigenvalue weighted by Crippen LogP contribution is -2.44. The minimum absolute atomic E-state index is 0.311. The van der Waals surface area contributed by atoms with E-state index >= 15 is 0 Å². The predicted octanol–water partition coefficient (Wildman–Crippen LogP) is 2.83. The van der Waals surface area contributed by atoms with Gasteiger partial charge in [0, 0.05) is 36.2 Å². The van der Waals surface area contributed by atoms with Crippen LogP contribution in [-0.2, 0) is 0 Å². The zero-order chi connectivity index (χ0) is 14.7. The zero-order valence-corrected chi connectivity index (χ0v) is 13.7. The van der Waals surface area contributed by atoms with Crippen LogP contribution >= 0.6 is 11.8 Å². The lowest BCUT2D eigenvalue weighted by molar-refractivity contribution is 0.199. The van der Waals surface area contributed by atoms with E-state index < -0.39 is 0 Å². The summed E-state index contributed by atoms with van der Waals surface area (Å²) in [6.45, 7) is 9.59. The molecule has 1 aromatic carbocycles. The van der Waals surface area contributed by atoms with Crippen LogP contribution in [0, 0.1) is 6.92 Å². The molecule has 112 valence electrons. The Morgan fingerprint density at radius 2 is 2.00 bits per heavy atom. The Morgan fingerprint density at radius 1 is 1.35 bits per heavy atom. The Morgan fingerprint density at radius 3 is 2.50 bits per heavy atom. The molecule has 1 aliphatic heterocycles. The van der Waals surface area contributed by atoms with Gasteiger partial charge >= 0.3 is 0 Å². The summed E-state index contributed by atoms with van der Waals surface area (Å²) >= 11 is 2.07. The van der Waals surface area contributed by atoms with E-state index in [1.165, 1.54) is 11.1 Å². The largest absolute Gasteiger partial charge is 0.496 e. The molecule has 1 aliphatic rings. The first-order chi connectivity index (χ1) is 9.55. The Kier molecular flexibility index (Phi) is 5.35. The van der Waals surface area contributed by atoms with Crippen LogP contribution in [0.4, 0.5) is 0 Å². The lowest BCUT2D eigenvalue weighted by atomic mass is 10.0. The van der Waals surface area contributed by atoms with Crippen molar-refractivity contribution in [1.29, 1.82) is 0 Å². The number of ether oxygens (including phenoxy) is 1. The summed E-state index contributed by atoms with van der Waals surface area (Å²) < 4.78 is 5.34. The van der Waals surface area contributed by atoms with Gasteiger partial charge in [-0.2, -0.15) is 11.8 Å². The number of nitrogens with zero attached hydrogens (tertiary/aromatic N) is 1. The second-order valence-corrected chi connectivity index (χ2v) is 7.57. The van der Waals surface area contributed by atoms with Gasteiger partial charge in [0.05, 0.1) is 7.11 Å². The molecule has 0 aliphatic carbocycles. The highest BCUT2D eigenvalue weighted by atomic mass is 32.2. The number of aryl methyl sites for hydroxylation is 1. The van der Waals surface area contributed by atoms with Crippen LogP contribution in [-0.4, -0.2) is 42.1 Å². The van der Waals surface area contributed by atoms with Crippen LogP contribution < -0.4 is 10.5 Å². The van der Waals surface area contributed by atoms with Crippen molar-refractivity contribution in [2.24, 2.45) is 5.73 Å². The molecule has 0 spiro atoms. The molecule has 3 unspecified atom stereocenters. The molecule has 0 saturated carbocycles. The maximum absolute atomic E-state index is 6.07. The zero-order valence-electron chi connectivity index (χ0n) is 12.9. The van der Waals surface area contributed by atoms with Crippen LogP contribution in [0.5, 0.6) is 5.75 Å². The summed E-state index contributed by atoms with van der Waals surface area (Å²) in [7, 11) is 1.72. The van der Waals surface area contributed by atoms with Gasteiger partial charge in [0.1, 0.15) is 5.75 Å². The summed E-state index contributed by atoms with van der Waals surface area (Å²) in [6, 6.07) is 6.73. The Labute approximate surface area is 126 Å². The molecule has 1 aromatic rings. The predicted molar refractivity (Wildman–Crippen MR) is 87.6 cm³/mol. The minimum Gasteiger partial charge on any atom is -0.496 e. The first-order valence-corrected chi connectivity index (χ1v) is 8.23. The summed E-state index contributed by atoms with van der Waals surface area (Å²) in [4.78, 5) is 2.53. The Hall–Kier alpha value is -0.710. The third-order valence-electron chi connectivity index (χ3n) is 3.92. The number of rotatable bonds is 4. The van der Waals surface area contributed by atoms with E-state index in [1.54, 1.807) is 7.11 Å².